The van der Waals surface area contributed by atoms with Crippen LogP contribution in [0, 0.1) is 0 Å². The third-order valence-electron chi connectivity index (χ3n) is 3.74. The highest BCUT2D eigenvalue weighted by Crippen LogP contribution is 2.26. The Kier molecular flexibility index (Phi) is 5.24. The van der Waals surface area contributed by atoms with Gasteiger partial charge >= 0.3 is 0 Å². The smallest absolute Gasteiger partial charge is 0.263 e. The molecule has 0 spiro atoms. The van der Waals surface area contributed by atoms with E-state index in [2.05, 4.69) is 37.7 Å². The van der Waals surface area contributed by atoms with Gasteiger partial charge in [-0.15, -0.1) is 28.1 Å². The summed E-state index contributed by atoms with van der Waals surface area (Å²) in [6.07, 6.45) is 1.68. The standard InChI is InChI=1S/C18H13BrN4O2S2/c1-2-8-23-17(24)13-7-9-26-16(13)20-18(23)27-10-14-21-22-15(25-14)11-3-5-12(19)6-4-11/h2-7,9H,1,8,10H2. The van der Waals surface area contributed by atoms with Crippen LogP contribution in [0.2, 0.25) is 0 Å². The van der Waals surface area contributed by atoms with Crippen molar-refractivity contribution >= 4 is 49.2 Å². The van der Waals surface area contributed by atoms with E-state index < -0.39 is 0 Å². The van der Waals surface area contributed by atoms with Gasteiger partial charge in [0.05, 0.1) is 11.1 Å². The van der Waals surface area contributed by atoms with Crippen LogP contribution < -0.4 is 5.56 Å². The molecule has 1 aromatic carbocycles. The summed E-state index contributed by atoms with van der Waals surface area (Å²) >= 11 is 6.24. The molecule has 0 radical (unpaired) electrons. The van der Waals surface area contributed by atoms with Gasteiger partial charge in [0, 0.05) is 16.6 Å². The predicted octanol–water partition coefficient (Wildman–Crippen LogP) is 4.75. The van der Waals surface area contributed by atoms with Gasteiger partial charge in [0.15, 0.2) is 5.16 Å². The van der Waals surface area contributed by atoms with Gasteiger partial charge < -0.3 is 4.42 Å². The number of nitrogens with zero attached hydrogens (tertiary/aromatic N) is 4. The average Bonchev–Trinajstić information content (AvgIpc) is 3.33. The molecule has 4 rings (SSSR count). The third kappa shape index (κ3) is 3.76. The van der Waals surface area contributed by atoms with Crippen LogP contribution in [0.1, 0.15) is 5.89 Å². The summed E-state index contributed by atoms with van der Waals surface area (Å²) in [6.45, 7) is 4.13. The van der Waals surface area contributed by atoms with Gasteiger partial charge in [-0.3, -0.25) is 9.36 Å². The number of thiophene rings is 1. The summed E-state index contributed by atoms with van der Waals surface area (Å²) in [7, 11) is 0. The minimum atomic E-state index is -0.0651. The molecule has 0 bridgehead atoms. The Morgan fingerprint density at radius 3 is 2.85 bits per heavy atom. The van der Waals surface area contributed by atoms with Crippen LogP contribution in [-0.4, -0.2) is 19.7 Å². The topological polar surface area (TPSA) is 73.8 Å². The van der Waals surface area contributed by atoms with Gasteiger partial charge in [-0.1, -0.05) is 33.8 Å². The van der Waals surface area contributed by atoms with Crippen LogP contribution >= 0.6 is 39.0 Å². The van der Waals surface area contributed by atoms with E-state index in [1.807, 2.05) is 29.6 Å². The van der Waals surface area contributed by atoms with Crippen LogP contribution in [0.4, 0.5) is 0 Å². The Morgan fingerprint density at radius 1 is 1.26 bits per heavy atom. The van der Waals surface area contributed by atoms with E-state index in [9.17, 15) is 4.79 Å². The maximum Gasteiger partial charge on any atom is 0.263 e. The van der Waals surface area contributed by atoms with Gasteiger partial charge in [0.25, 0.3) is 5.56 Å². The minimum Gasteiger partial charge on any atom is -0.420 e. The fourth-order valence-electron chi connectivity index (χ4n) is 2.48. The molecule has 3 heterocycles. The number of allylic oxidation sites excluding steroid dienone is 1. The van der Waals surface area contributed by atoms with Gasteiger partial charge in [-0.05, 0) is 35.7 Å². The summed E-state index contributed by atoms with van der Waals surface area (Å²) in [6, 6.07) is 9.45. The van der Waals surface area contributed by atoms with Crippen LogP contribution in [0.25, 0.3) is 21.7 Å². The SMILES string of the molecule is C=CCn1c(SCc2nnc(-c3ccc(Br)cc3)o2)nc2sccc2c1=O. The van der Waals surface area contributed by atoms with E-state index in [0.29, 0.717) is 34.6 Å². The fraction of sp³-hybridized carbons (Fsp3) is 0.111. The van der Waals surface area contributed by atoms with Crippen molar-refractivity contribution in [2.45, 2.75) is 17.5 Å². The normalized spacial score (nSPS) is 11.1. The first-order valence-corrected chi connectivity index (χ1v) is 10.6. The van der Waals surface area contributed by atoms with Crippen LogP contribution in [0.15, 0.2) is 67.2 Å². The van der Waals surface area contributed by atoms with Crippen molar-refractivity contribution in [3.8, 4) is 11.5 Å². The number of hydrogen-bond donors (Lipinski definition) is 0. The molecule has 0 atom stereocenters. The second kappa shape index (κ2) is 7.79. The molecule has 0 unspecified atom stereocenters. The van der Waals surface area contributed by atoms with E-state index in [0.717, 1.165) is 14.9 Å². The maximum atomic E-state index is 12.6. The molecule has 3 aromatic heterocycles. The Balaban J connectivity index is 1.58. The molecule has 0 N–H and O–H groups in total. The quantitative estimate of drug-likeness (QED) is 0.235. The van der Waals surface area contributed by atoms with E-state index in [-0.39, 0.29) is 5.56 Å². The largest absolute Gasteiger partial charge is 0.420 e. The lowest BCUT2D eigenvalue weighted by molar-refractivity contribution is 0.528. The molecule has 27 heavy (non-hydrogen) atoms. The Labute approximate surface area is 171 Å². The highest BCUT2D eigenvalue weighted by atomic mass is 79.9. The molecule has 0 saturated carbocycles. The lowest BCUT2D eigenvalue weighted by Crippen LogP contribution is -2.22. The zero-order valence-electron chi connectivity index (χ0n) is 14.0. The Hall–Kier alpha value is -2.23. The van der Waals surface area contributed by atoms with E-state index in [1.165, 1.54) is 23.1 Å². The average molecular weight is 461 g/mol. The van der Waals surface area contributed by atoms with Crippen molar-refractivity contribution in [3.05, 3.63) is 69.1 Å². The lowest BCUT2D eigenvalue weighted by atomic mass is 10.2. The molecule has 4 aromatic rings. The van der Waals surface area contributed by atoms with Crippen LogP contribution in [0.3, 0.4) is 0 Å². The van der Waals surface area contributed by atoms with E-state index >= 15 is 0 Å². The van der Waals surface area contributed by atoms with Crippen LogP contribution in [-0.2, 0) is 12.3 Å². The number of aromatic nitrogens is 4. The second-order valence-corrected chi connectivity index (χ2v) is 8.29. The summed E-state index contributed by atoms with van der Waals surface area (Å²) < 4.78 is 8.34. The molecule has 0 aliphatic rings. The maximum absolute atomic E-state index is 12.6. The van der Waals surface area contributed by atoms with Gasteiger partial charge in [0.2, 0.25) is 11.8 Å². The number of thioether (sulfide) groups is 1. The number of hydrogen-bond acceptors (Lipinski definition) is 7. The number of halogens is 1. The predicted molar refractivity (Wildman–Crippen MR) is 111 cm³/mol. The van der Waals surface area contributed by atoms with Crippen molar-refractivity contribution in [2.24, 2.45) is 0 Å². The highest BCUT2D eigenvalue weighted by Gasteiger charge is 2.14. The highest BCUT2D eigenvalue weighted by molar-refractivity contribution is 9.10. The van der Waals surface area contributed by atoms with Gasteiger partial charge in [0.1, 0.15) is 4.83 Å². The summed E-state index contributed by atoms with van der Waals surface area (Å²) in [5.74, 6) is 1.36. The van der Waals surface area contributed by atoms with Crippen molar-refractivity contribution in [1.82, 2.24) is 19.7 Å². The first-order chi connectivity index (χ1) is 13.2. The summed E-state index contributed by atoms with van der Waals surface area (Å²) in [4.78, 5) is 18.0. The summed E-state index contributed by atoms with van der Waals surface area (Å²) in [5, 5.41) is 11.3. The lowest BCUT2D eigenvalue weighted by Gasteiger charge is -2.08. The molecule has 0 amide bonds. The molecule has 0 aliphatic carbocycles. The van der Waals surface area contributed by atoms with Crippen molar-refractivity contribution < 1.29 is 4.42 Å². The molecule has 0 fully saturated rings. The van der Waals surface area contributed by atoms with Crippen LogP contribution in [0.5, 0.6) is 0 Å². The Morgan fingerprint density at radius 2 is 2.07 bits per heavy atom. The third-order valence-corrected chi connectivity index (χ3v) is 6.04. The van der Waals surface area contributed by atoms with Gasteiger partial charge in [-0.25, -0.2) is 4.98 Å². The Bertz CT molecular complexity index is 1160. The zero-order chi connectivity index (χ0) is 18.8. The first-order valence-electron chi connectivity index (χ1n) is 7.96. The molecule has 0 aliphatic heterocycles. The fourth-order valence-corrected chi connectivity index (χ4v) is 4.39. The van der Waals surface area contributed by atoms with E-state index in [1.54, 1.807) is 16.7 Å². The molecule has 0 saturated heterocycles. The molecular formula is C18H13BrN4O2S2. The molecular weight excluding hydrogens is 448 g/mol. The van der Waals surface area contributed by atoms with Gasteiger partial charge in [-0.2, -0.15) is 0 Å². The zero-order valence-corrected chi connectivity index (χ0v) is 17.2. The van der Waals surface area contributed by atoms with E-state index in [4.69, 9.17) is 4.42 Å². The number of benzene rings is 1. The monoisotopic (exact) mass is 460 g/mol. The summed E-state index contributed by atoms with van der Waals surface area (Å²) in [5.41, 5.74) is 0.786. The molecule has 9 heteroatoms. The minimum absolute atomic E-state index is 0.0651. The molecule has 136 valence electrons. The number of fused-ring (bicyclic) bond motifs is 1. The molecule has 6 nitrogen and oxygen atoms in total. The van der Waals surface area contributed by atoms with Crippen molar-refractivity contribution in [3.63, 3.8) is 0 Å². The number of rotatable bonds is 6. The second-order valence-electron chi connectivity index (χ2n) is 5.53. The first kappa shape index (κ1) is 18.1. The van der Waals surface area contributed by atoms with Crippen molar-refractivity contribution in [1.29, 1.82) is 0 Å². The van der Waals surface area contributed by atoms with Crippen molar-refractivity contribution in [2.75, 3.05) is 0 Å².